The van der Waals surface area contributed by atoms with Crippen LogP contribution in [-0.4, -0.2) is 42.3 Å². The van der Waals surface area contributed by atoms with Crippen molar-refractivity contribution in [3.63, 3.8) is 0 Å². The molecule has 8 nitrogen and oxygen atoms in total. The van der Waals surface area contributed by atoms with E-state index >= 15 is 0 Å². The third-order valence-corrected chi connectivity index (χ3v) is 3.88. The smallest absolute Gasteiger partial charge is 0.374 e. The summed E-state index contributed by atoms with van der Waals surface area (Å²) in [6.07, 6.45) is 3.27. The number of rotatable bonds is 7. The van der Waals surface area contributed by atoms with Gasteiger partial charge in [0.25, 0.3) is 0 Å². The number of hydrogen-bond donors (Lipinski definition) is 0. The van der Waals surface area contributed by atoms with Gasteiger partial charge in [0.05, 0.1) is 27.4 Å². The molecule has 0 fully saturated rings. The SMILES string of the molecule is COC(=O)C(Oc1nc(OC)cc(OC)n1)=C(c1ccccc1)c1cccnc1. The maximum atomic E-state index is 12.7. The zero-order valence-corrected chi connectivity index (χ0v) is 16.2. The number of nitrogens with zero attached hydrogens (tertiary/aromatic N) is 3. The molecule has 0 aliphatic heterocycles. The van der Waals surface area contributed by atoms with Crippen molar-refractivity contribution in [3.8, 4) is 17.8 Å². The summed E-state index contributed by atoms with van der Waals surface area (Å²) in [6.45, 7) is 0. The summed E-state index contributed by atoms with van der Waals surface area (Å²) in [5, 5.41) is 0. The molecule has 1 aromatic carbocycles. The molecule has 148 valence electrons. The second-order valence-electron chi connectivity index (χ2n) is 5.64. The molecule has 29 heavy (non-hydrogen) atoms. The first-order valence-corrected chi connectivity index (χ1v) is 8.59. The number of methoxy groups -OCH3 is 3. The Bertz CT molecular complexity index is 944. The molecule has 3 aromatic rings. The van der Waals surface area contributed by atoms with E-state index in [1.807, 2.05) is 36.4 Å². The summed E-state index contributed by atoms with van der Waals surface area (Å²) in [5.74, 6) is -0.350. The topological polar surface area (TPSA) is 92.7 Å². The van der Waals surface area contributed by atoms with E-state index in [0.717, 1.165) is 5.56 Å². The van der Waals surface area contributed by atoms with Crippen LogP contribution >= 0.6 is 0 Å². The molecule has 0 saturated heterocycles. The van der Waals surface area contributed by atoms with Crippen molar-refractivity contribution in [2.45, 2.75) is 0 Å². The third-order valence-electron chi connectivity index (χ3n) is 3.88. The molecule has 0 amide bonds. The Morgan fingerprint density at radius 1 is 0.862 bits per heavy atom. The molecule has 0 atom stereocenters. The standard InChI is InChI=1S/C21H19N3O5/c1-26-16-12-17(27-2)24-21(23-16)29-19(20(25)28-3)18(14-8-5-4-6-9-14)15-10-7-11-22-13-15/h4-13H,1-3H3. The summed E-state index contributed by atoms with van der Waals surface area (Å²) < 4.78 is 21.1. The first-order valence-electron chi connectivity index (χ1n) is 8.59. The predicted octanol–water partition coefficient (Wildman–Crippen LogP) is 2.90. The van der Waals surface area contributed by atoms with Gasteiger partial charge in [-0.05, 0) is 11.6 Å². The Kier molecular flexibility index (Phi) is 6.36. The minimum absolute atomic E-state index is 0.0954. The van der Waals surface area contributed by atoms with Gasteiger partial charge in [-0.3, -0.25) is 4.98 Å². The van der Waals surface area contributed by atoms with Gasteiger partial charge in [-0.25, -0.2) is 4.79 Å². The van der Waals surface area contributed by atoms with Gasteiger partial charge in [-0.1, -0.05) is 36.4 Å². The highest BCUT2D eigenvalue weighted by molar-refractivity contribution is 6.00. The van der Waals surface area contributed by atoms with Gasteiger partial charge in [-0.15, -0.1) is 0 Å². The van der Waals surface area contributed by atoms with Crippen molar-refractivity contribution >= 4 is 11.5 Å². The van der Waals surface area contributed by atoms with E-state index < -0.39 is 5.97 Å². The second-order valence-corrected chi connectivity index (χ2v) is 5.64. The van der Waals surface area contributed by atoms with Gasteiger partial charge in [-0.2, -0.15) is 9.97 Å². The van der Waals surface area contributed by atoms with Crippen LogP contribution in [0.5, 0.6) is 17.8 Å². The first kappa shape index (κ1) is 19.8. The van der Waals surface area contributed by atoms with Crippen LogP contribution in [0.2, 0.25) is 0 Å². The summed E-state index contributed by atoms with van der Waals surface area (Å²) in [6, 6.07) is 14.2. The number of carbonyl (C=O) groups excluding carboxylic acids is 1. The lowest BCUT2D eigenvalue weighted by Crippen LogP contribution is -2.15. The first-order chi connectivity index (χ1) is 14.2. The normalized spacial score (nSPS) is 11.3. The van der Waals surface area contributed by atoms with Gasteiger partial charge in [0.2, 0.25) is 17.5 Å². The van der Waals surface area contributed by atoms with E-state index in [9.17, 15) is 4.79 Å². The summed E-state index contributed by atoms with van der Waals surface area (Å²) in [4.78, 5) is 25.1. The molecule has 0 radical (unpaired) electrons. The average molecular weight is 393 g/mol. The van der Waals surface area contributed by atoms with Crippen LogP contribution in [0, 0.1) is 0 Å². The van der Waals surface area contributed by atoms with Gasteiger partial charge in [0, 0.05) is 23.5 Å². The van der Waals surface area contributed by atoms with E-state index in [4.69, 9.17) is 18.9 Å². The maximum absolute atomic E-state index is 12.7. The predicted molar refractivity (Wildman–Crippen MR) is 104 cm³/mol. The molecule has 2 heterocycles. The zero-order chi connectivity index (χ0) is 20.6. The average Bonchev–Trinajstić information content (AvgIpc) is 2.79. The molecule has 0 aliphatic rings. The van der Waals surface area contributed by atoms with Crippen molar-refractivity contribution in [1.29, 1.82) is 0 Å². The molecule has 0 unspecified atom stereocenters. The van der Waals surface area contributed by atoms with Crippen molar-refractivity contribution in [2.75, 3.05) is 21.3 Å². The van der Waals surface area contributed by atoms with Crippen molar-refractivity contribution in [2.24, 2.45) is 0 Å². The molecule has 0 bridgehead atoms. The third kappa shape index (κ3) is 4.67. The highest BCUT2D eigenvalue weighted by atomic mass is 16.6. The number of ether oxygens (including phenoxy) is 4. The fourth-order valence-electron chi connectivity index (χ4n) is 2.56. The maximum Gasteiger partial charge on any atom is 0.374 e. The summed E-state index contributed by atoms with van der Waals surface area (Å²) in [5.41, 5.74) is 1.88. The molecular weight excluding hydrogens is 374 g/mol. The largest absolute Gasteiger partial charge is 0.481 e. The molecule has 0 saturated carbocycles. The van der Waals surface area contributed by atoms with E-state index in [1.54, 1.807) is 18.5 Å². The van der Waals surface area contributed by atoms with E-state index in [0.29, 0.717) is 11.1 Å². The Balaban J connectivity index is 2.21. The number of benzene rings is 1. The van der Waals surface area contributed by atoms with Crippen LogP contribution in [0.15, 0.2) is 66.7 Å². The molecule has 2 aromatic heterocycles. The number of pyridine rings is 1. The van der Waals surface area contributed by atoms with Crippen LogP contribution < -0.4 is 14.2 Å². The highest BCUT2D eigenvalue weighted by Crippen LogP contribution is 2.29. The lowest BCUT2D eigenvalue weighted by atomic mass is 9.98. The lowest BCUT2D eigenvalue weighted by Gasteiger charge is -2.15. The van der Waals surface area contributed by atoms with Crippen molar-refractivity contribution in [3.05, 3.63) is 77.8 Å². The highest BCUT2D eigenvalue weighted by Gasteiger charge is 2.24. The fraction of sp³-hybridized carbons (Fsp3) is 0.143. The van der Waals surface area contributed by atoms with Crippen LogP contribution in [0.25, 0.3) is 5.57 Å². The summed E-state index contributed by atoms with van der Waals surface area (Å²) in [7, 11) is 4.17. The van der Waals surface area contributed by atoms with Crippen LogP contribution in [0.1, 0.15) is 11.1 Å². The molecule has 8 heteroatoms. The van der Waals surface area contributed by atoms with Gasteiger partial charge < -0.3 is 18.9 Å². The number of carbonyl (C=O) groups is 1. The monoisotopic (exact) mass is 393 g/mol. The minimum atomic E-state index is -0.696. The lowest BCUT2D eigenvalue weighted by molar-refractivity contribution is -0.138. The molecule has 0 N–H and O–H groups in total. The number of esters is 1. The molecule has 0 aliphatic carbocycles. The van der Waals surface area contributed by atoms with E-state index in [-0.39, 0.29) is 23.5 Å². The zero-order valence-electron chi connectivity index (χ0n) is 16.2. The van der Waals surface area contributed by atoms with Crippen molar-refractivity contribution < 1.29 is 23.7 Å². The van der Waals surface area contributed by atoms with Crippen LogP contribution in [0.4, 0.5) is 0 Å². The Morgan fingerprint density at radius 2 is 1.52 bits per heavy atom. The molecule has 0 spiro atoms. The Labute approximate surface area is 167 Å². The quantitative estimate of drug-likeness (QED) is 0.344. The number of aromatic nitrogens is 3. The molecular formula is C21H19N3O5. The van der Waals surface area contributed by atoms with Crippen LogP contribution in [-0.2, 0) is 9.53 Å². The Morgan fingerprint density at radius 3 is 2.07 bits per heavy atom. The van der Waals surface area contributed by atoms with E-state index in [2.05, 4.69) is 15.0 Å². The molecule has 3 rings (SSSR count). The fourth-order valence-corrected chi connectivity index (χ4v) is 2.56. The van der Waals surface area contributed by atoms with Crippen LogP contribution in [0.3, 0.4) is 0 Å². The van der Waals surface area contributed by atoms with Gasteiger partial charge >= 0.3 is 12.0 Å². The van der Waals surface area contributed by atoms with Crippen molar-refractivity contribution in [1.82, 2.24) is 15.0 Å². The summed E-state index contributed by atoms with van der Waals surface area (Å²) >= 11 is 0. The van der Waals surface area contributed by atoms with E-state index in [1.165, 1.54) is 27.4 Å². The minimum Gasteiger partial charge on any atom is -0.481 e. The van der Waals surface area contributed by atoms with Gasteiger partial charge in [0.1, 0.15) is 0 Å². The van der Waals surface area contributed by atoms with Gasteiger partial charge in [0.15, 0.2) is 0 Å². The second kappa shape index (κ2) is 9.32. The Hall–Kier alpha value is -3.94. The number of hydrogen-bond acceptors (Lipinski definition) is 8.